The Morgan fingerprint density at radius 2 is 0.741 bits per heavy atom. The quantitative estimate of drug-likeness (QED) is 0.0534. The van der Waals surface area contributed by atoms with E-state index in [1.54, 1.807) is 0 Å². The van der Waals surface area contributed by atoms with Crippen molar-refractivity contribution in [3.63, 3.8) is 0 Å². The molecule has 0 fully saturated rings. The molecule has 4 aromatic carbocycles. The Morgan fingerprint density at radius 3 is 0.889 bits per heavy atom. The summed E-state index contributed by atoms with van der Waals surface area (Å²) in [5, 5.41) is 5.74. The molecule has 0 saturated heterocycles. The minimum atomic E-state index is -6.09. The van der Waals surface area contributed by atoms with E-state index in [2.05, 4.69) is 241 Å². The Balaban J connectivity index is 0.00000161. The van der Waals surface area contributed by atoms with Gasteiger partial charge in [-0.3, -0.25) is 0 Å². The first-order valence-corrected chi connectivity index (χ1v) is 24.9. The van der Waals surface area contributed by atoms with Crippen molar-refractivity contribution in [2.75, 3.05) is 87.6 Å². The second-order valence-electron chi connectivity index (χ2n) is 11.7. The van der Waals surface area contributed by atoms with Gasteiger partial charge in [-0.1, -0.05) is 79.7 Å². The zero-order chi connectivity index (χ0) is 41.8. The van der Waals surface area contributed by atoms with Gasteiger partial charge in [0.25, 0.3) is 0 Å². The standard InChI is InChI=1S/C33H42N4P2.C2H6S.CHF3O3S.2ClH.2Pd/c1-34(2)26-17-9-13-21-30(26)38(31-22-14-10-18-27(31)35(3)4)25-39(32-23-15-11-19-28(32)36(5)6)33-24-16-12-20-29(33)37(7)8;1-2-3;2-1(3,4)8(5,6)7;;;;/h9-24H,25H2,1-8H3;3H,2H2,1H3;(H,5,6,7);2*1H;;/q;;;;;2*+2/p-4. The predicted octanol–water partition coefficient (Wildman–Crippen LogP) is 7.45. The molecule has 0 spiro atoms. The Bertz CT molecular complexity index is 1580. The van der Waals surface area contributed by atoms with Crippen LogP contribution in [0.25, 0.3) is 0 Å². The van der Waals surface area contributed by atoms with Gasteiger partial charge in [0.1, 0.15) is 0 Å². The van der Waals surface area contributed by atoms with Crippen LogP contribution in [0.15, 0.2) is 97.1 Å². The SMILES string of the molecule is CC[S-].CN(C)c1ccccc1P(CP(c1ccccc1N(C)C)c1ccccc1N(C)C)c1ccccc1N(C)C.O=S(=O)([O-])C(F)(F)F.[Cl][Pd+].[Cl][Pd+]. The average molecular weight is 1050 g/mol. The van der Waals surface area contributed by atoms with Crippen LogP contribution in [0.3, 0.4) is 0 Å². The Morgan fingerprint density at radius 1 is 0.574 bits per heavy atom. The third-order valence-electron chi connectivity index (χ3n) is 7.18. The van der Waals surface area contributed by atoms with Crippen LogP contribution in [-0.2, 0) is 59.1 Å². The van der Waals surface area contributed by atoms with E-state index in [0.29, 0.717) is 0 Å². The van der Waals surface area contributed by atoms with Crippen molar-refractivity contribution in [2.24, 2.45) is 0 Å². The normalized spacial score (nSPS) is 10.7. The van der Waals surface area contributed by atoms with Gasteiger partial charge < -0.3 is 36.8 Å². The second-order valence-corrected chi connectivity index (χ2v) is 18.4. The fourth-order valence-corrected chi connectivity index (χ4v) is 12.3. The van der Waals surface area contributed by atoms with E-state index in [0.717, 1.165) is 11.7 Å². The minimum absolute atomic E-state index is 0.699. The second kappa shape index (κ2) is 26.7. The third-order valence-corrected chi connectivity index (χ3v) is 13.9. The number of anilines is 4. The van der Waals surface area contributed by atoms with Crippen molar-refractivity contribution in [2.45, 2.75) is 12.4 Å². The van der Waals surface area contributed by atoms with Crippen molar-refractivity contribution in [1.29, 1.82) is 0 Å². The molecule has 0 N–H and O–H groups in total. The number of alkyl halides is 3. The molecule has 0 aromatic heterocycles. The Labute approximate surface area is 358 Å². The van der Waals surface area contributed by atoms with Crippen LogP contribution in [0.1, 0.15) is 6.92 Å². The van der Waals surface area contributed by atoms with Crippen molar-refractivity contribution in [3.05, 3.63) is 97.1 Å². The monoisotopic (exact) mass is 1050 g/mol. The number of hydrogen-bond donors (Lipinski definition) is 0. The van der Waals surface area contributed by atoms with Gasteiger partial charge in [-0.2, -0.15) is 18.9 Å². The molecule has 0 saturated carbocycles. The van der Waals surface area contributed by atoms with Gasteiger partial charge in [0.2, 0.25) is 0 Å². The maximum absolute atomic E-state index is 10.7. The maximum atomic E-state index is 10.7. The summed E-state index contributed by atoms with van der Waals surface area (Å²) >= 11 is 8.84. The van der Waals surface area contributed by atoms with Crippen LogP contribution in [0.5, 0.6) is 0 Å². The van der Waals surface area contributed by atoms with E-state index < -0.39 is 31.5 Å². The molecule has 306 valence electrons. The number of hydrogen-bond acceptors (Lipinski definition) is 8. The summed E-state index contributed by atoms with van der Waals surface area (Å²) in [6.07, 6.45) is 0. The first kappa shape index (κ1) is 52.9. The molecule has 4 rings (SSSR count). The first-order chi connectivity index (χ1) is 25.4. The molecule has 0 unspecified atom stereocenters. The predicted molar refractivity (Wildman–Crippen MR) is 226 cm³/mol. The number of nitrogens with zero attached hydrogens (tertiary/aromatic N) is 4. The van der Waals surface area contributed by atoms with Crippen molar-refractivity contribution in [3.8, 4) is 0 Å². The zero-order valence-corrected chi connectivity index (χ0v) is 39.4. The van der Waals surface area contributed by atoms with Gasteiger partial charge in [0.15, 0.2) is 10.1 Å². The van der Waals surface area contributed by atoms with Crippen LogP contribution in [-0.4, -0.2) is 86.5 Å². The van der Waals surface area contributed by atoms with Crippen LogP contribution >= 0.6 is 34.9 Å². The Kier molecular flexibility index (Phi) is 26.2. The van der Waals surface area contributed by atoms with Crippen molar-refractivity contribution in [1.82, 2.24) is 0 Å². The van der Waals surface area contributed by atoms with E-state index in [1.807, 2.05) is 6.92 Å². The summed E-state index contributed by atoms with van der Waals surface area (Å²) in [6, 6.07) is 36.0. The molecular weight excluding hydrogens is 1000 g/mol. The fourth-order valence-electron chi connectivity index (χ4n) is 4.99. The van der Waals surface area contributed by atoms with Crippen LogP contribution < -0.4 is 40.8 Å². The fraction of sp³-hybridized carbons (Fsp3) is 0.333. The Hall–Kier alpha value is -1.11. The summed E-state index contributed by atoms with van der Waals surface area (Å²) in [6.45, 7) is 1.94. The summed E-state index contributed by atoms with van der Waals surface area (Å²) in [4.78, 5) is 9.08. The molecule has 7 nitrogen and oxygen atoms in total. The number of rotatable bonds is 10. The molecule has 0 amide bonds. The molecule has 0 aliphatic rings. The van der Waals surface area contributed by atoms with Gasteiger partial charge in [0, 0.05) is 106 Å². The zero-order valence-electron chi connectivity index (χ0n) is 31.4. The van der Waals surface area contributed by atoms with E-state index >= 15 is 0 Å². The van der Waals surface area contributed by atoms with Gasteiger partial charge in [0.05, 0.1) is 0 Å². The first-order valence-electron chi connectivity index (χ1n) is 15.8. The van der Waals surface area contributed by atoms with Gasteiger partial charge >= 0.3 is 60.9 Å². The number of halogens is 5. The average Bonchev–Trinajstić information content (AvgIpc) is 3.13. The molecule has 0 bridgehead atoms. The molecule has 0 aliphatic carbocycles. The summed E-state index contributed by atoms with van der Waals surface area (Å²) in [5.41, 5.74) is -0.446. The molecule has 18 heteroatoms. The molecule has 0 atom stereocenters. The molecule has 54 heavy (non-hydrogen) atoms. The number of para-hydroxylation sites is 4. The summed E-state index contributed by atoms with van der Waals surface area (Å²) < 4.78 is 58.9. The summed E-state index contributed by atoms with van der Waals surface area (Å²) in [7, 11) is 18.8. The van der Waals surface area contributed by atoms with Crippen LogP contribution in [0.4, 0.5) is 35.9 Å². The molecule has 0 aliphatic heterocycles. The van der Waals surface area contributed by atoms with E-state index in [-0.39, 0.29) is 0 Å². The van der Waals surface area contributed by atoms with Crippen molar-refractivity contribution < 1.29 is 62.5 Å². The van der Waals surface area contributed by atoms with Gasteiger partial charge in [-0.15, -0.1) is 0 Å². The van der Waals surface area contributed by atoms with Crippen molar-refractivity contribution >= 4 is 102 Å². The third kappa shape index (κ3) is 16.4. The van der Waals surface area contributed by atoms with Gasteiger partial charge in [-0.25, -0.2) is 8.42 Å². The molecule has 0 heterocycles. The molecule has 4 aromatic rings. The molecular formula is C36H47Cl2F3N4O3P2Pd2S2. The summed E-state index contributed by atoms with van der Waals surface area (Å²) in [5.74, 6) is 1.90. The van der Waals surface area contributed by atoms with Gasteiger partial charge in [-0.05, 0) is 40.1 Å². The van der Waals surface area contributed by atoms with Crippen LogP contribution in [0.2, 0.25) is 0 Å². The van der Waals surface area contributed by atoms with E-state index in [4.69, 9.17) is 13.0 Å². The van der Waals surface area contributed by atoms with E-state index in [9.17, 15) is 13.2 Å². The van der Waals surface area contributed by atoms with Crippen LogP contribution in [0, 0.1) is 0 Å². The topological polar surface area (TPSA) is 70.2 Å². The molecule has 0 radical (unpaired) electrons. The number of benzene rings is 4. The van der Waals surface area contributed by atoms with E-state index in [1.165, 1.54) is 44.0 Å².